The first-order valence-electron chi connectivity index (χ1n) is 6.51. The van der Waals surface area contributed by atoms with Gasteiger partial charge in [-0.25, -0.2) is 0 Å². The van der Waals surface area contributed by atoms with Crippen molar-refractivity contribution in [2.45, 2.75) is 59.5 Å². The smallest absolute Gasteiger partial charge is 0.0638 e. The molecule has 1 aromatic heterocycles. The molecule has 0 radical (unpaired) electrons. The fraction of sp³-hybridized carbons (Fsp3) is 0.769. The third-order valence-electron chi connectivity index (χ3n) is 2.77. The molecule has 0 aliphatic rings. The van der Waals surface area contributed by atoms with Crippen molar-refractivity contribution in [3.05, 3.63) is 17.5 Å². The minimum atomic E-state index is 0. The topological polar surface area (TPSA) is 29.9 Å². The van der Waals surface area contributed by atoms with Crippen LogP contribution < -0.4 is 5.32 Å². The molecule has 0 spiro atoms. The van der Waals surface area contributed by atoms with E-state index in [2.05, 4.69) is 42.1 Å². The van der Waals surface area contributed by atoms with E-state index in [0.29, 0.717) is 0 Å². The highest BCUT2D eigenvalue weighted by atomic mass is 35.5. The standard InChI is InChI=1S/C13H25N3.ClH/c1-4-6-7-8-14-10-13-11-16(9-5-2)15-12(13)3;/h11,14H,4-10H2,1-3H3;1H. The number of unbranched alkanes of at least 4 members (excludes halogenated alkanes) is 2. The maximum Gasteiger partial charge on any atom is 0.0638 e. The van der Waals surface area contributed by atoms with E-state index in [9.17, 15) is 0 Å². The first kappa shape index (κ1) is 16.5. The minimum absolute atomic E-state index is 0. The van der Waals surface area contributed by atoms with Crippen LogP contribution >= 0.6 is 12.4 Å². The van der Waals surface area contributed by atoms with Gasteiger partial charge in [0.15, 0.2) is 0 Å². The number of rotatable bonds is 8. The van der Waals surface area contributed by atoms with E-state index in [0.717, 1.165) is 31.7 Å². The summed E-state index contributed by atoms with van der Waals surface area (Å²) < 4.78 is 2.05. The van der Waals surface area contributed by atoms with Gasteiger partial charge in [0.25, 0.3) is 0 Å². The van der Waals surface area contributed by atoms with Gasteiger partial charge in [-0.05, 0) is 26.3 Å². The summed E-state index contributed by atoms with van der Waals surface area (Å²) in [6, 6.07) is 0. The van der Waals surface area contributed by atoms with E-state index < -0.39 is 0 Å². The van der Waals surface area contributed by atoms with Crippen LogP contribution in [0.25, 0.3) is 0 Å². The van der Waals surface area contributed by atoms with Crippen molar-refractivity contribution in [1.29, 1.82) is 0 Å². The molecule has 0 unspecified atom stereocenters. The zero-order valence-electron chi connectivity index (χ0n) is 11.3. The van der Waals surface area contributed by atoms with E-state index in [1.807, 2.05) is 0 Å². The van der Waals surface area contributed by atoms with Crippen LogP contribution in [0.4, 0.5) is 0 Å². The lowest BCUT2D eigenvalue weighted by atomic mass is 10.2. The Balaban J connectivity index is 0.00000256. The molecule has 100 valence electrons. The maximum atomic E-state index is 4.49. The highest BCUT2D eigenvalue weighted by molar-refractivity contribution is 5.85. The van der Waals surface area contributed by atoms with E-state index in [4.69, 9.17) is 0 Å². The molecule has 0 aromatic carbocycles. The SMILES string of the molecule is CCCCCNCc1cn(CCC)nc1C.Cl. The summed E-state index contributed by atoms with van der Waals surface area (Å²) in [6.07, 6.45) is 7.20. The fourth-order valence-corrected chi connectivity index (χ4v) is 1.80. The molecule has 1 N–H and O–H groups in total. The Kier molecular flexibility index (Phi) is 9.18. The van der Waals surface area contributed by atoms with Crippen LogP contribution in [-0.4, -0.2) is 16.3 Å². The molecule has 3 nitrogen and oxygen atoms in total. The number of nitrogens with one attached hydrogen (secondary N) is 1. The normalized spacial score (nSPS) is 10.3. The molecule has 0 saturated carbocycles. The van der Waals surface area contributed by atoms with Gasteiger partial charge in [0.1, 0.15) is 0 Å². The number of aryl methyl sites for hydroxylation is 2. The first-order chi connectivity index (χ1) is 7.77. The lowest BCUT2D eigenvalue weighted by Gasteiger charge is -2.02. The van der Waals surface area contributed by atoms with Crippen molar-refractivity contribution < 1.29 is 0 Å². The van der Waals surface area contributed by atoms with Crippen LogP contribution in [0.1, 0.15) is 50.8 Å². The summed E-state index contributed by atoms with van der Waals surface area (Å²) in [5.74, 6) is 0. The number of aromatic nitrogens is 2. The Morgan fingerprint density at radius 1 is 1.24 bits per heavy atom. The lowest BCUT2D eigenvalue weighted by Crippen LogP contribution is -2.14. The number of hydrogen-bond acceptors (Lipinski definition) is 2. The molecule has 17 heavy (non-hydrogen) atoms. The summed E-state index contributed by atoms with van der Waals surface area (Å²) in [4.78, 5) is 0. The van der Waals surface area contributed by atoms with Crippen LogP contribution in [0.5, 0.6) is 0 Å². The molecule has 1 heterocycles. The molecular weight excluding hydrogens is 234 g/mol. The maximum absolute atomic E-state index is 4.49. The molecule has 1 rings (SSSR count). The van der Waals surface area contributed by atoms with Crippen molar-refractivity contribution >= 4 is 12.4 Å². The van der Waals surface area contributed by atoms with Gasteiger partial charge in [-0.2, -0.15) is 5.10 Å². The second kappa shape index (κ2) is 9.49. The van der Waals surface area contributed by atoms with Crippen LogP contribution in [0, 0.1) is 6.92 Å². The number of hydrogen-bond donors (Lipinski definition) is 1. The Hall–Kier alpha value is -0.540. The number of nitrogens with zero attached hydrogens (tertiary/aromatic N) is 2. The second-order valence-corrected chi connectivity index (χ2v) is 4.39. The molecule has 0 aliphatic heterocycles. The van der Waals surface area contributed by atoms with Crippen LogP contribution in [0.15, 0.2) is 6.20 Å². The van der Waals surface area contributed by atoms with Crippen LogP contribution in [-0.2, 0) is 13.1 Å². The van der Waals surface area contributed by atoms with Gasteiger partial charge in [-0.3, -0.25) is 4.68 Å². The van der Waals surface area contributed by atoms with E-state index in [1.165, 1.54) is 24.8 Å². The molecule has 4 heteroatoms. The molecule has 0 amide bonds. The van der Waals surface area contributed by atoms with Crippen molar-refractivity contribution in [1.82, 2.24) is 15.1 Å². The second-order valence-electron chi connectivity index (χ2n) is 4.39. The van der Waals surface area contributed by atoms with Crippen molar-refractivity contribution in [3.63, 3.8) is 0 Å². The fourth-order valence-electron chi connectivity index (χ4n) is 1.80. The van der Waals surface area contributed by atoms with Crippen molar-refractivity contribution in [2.24, 2.45) is 0 Å². The highest BCUT2D eigenvalue weighted by Gasteiger charge is 2.03. The first-order valence-corrected chi connectivity index (χ1v) is 6.51. The largest absolute Gasteiger partial charge is 0.313 e. The van der Waals surface area contributed by atoms with Gasteiger partial charge in [0.2, 0.25) is 0 Å². The predicted octanol–water partition coefficient (Wildman–Crippen LogP) is 3.30. The molecule has 0 atom stereocenters. The van der Waals surface area contributed by atoms with Gasteiger partial charge in [0.05, 0.1) is 5.69 Å². The molecule has 0 fully saturated rings. The number of halogens is 1. The van der Waals surface area contributed by atoms with E-state index >= 15 is 0 Å². The Morgan fingerprint density at radius 3 is 2.65 bits per heavy atom. The van der Waals surface area contributed by atoms with Gasteiger partial charge in [-0.15, -0.1) is 12.4 Å². The Labute approximate surface area is 111 Å². The van der Waals surface area contributed by atoms with Gasteiger partial charge in [-0.1, -0.05) is 26.7 Å². The average molecular weight is 260 g/mol. The monoisotopic (exact) mass is 259 g/mol. The Bertz CT molecular complexity index is 297. The molecule has 1 aromatic rings. The summed E-state index contributed by atoms with van der Waals surface area (Å²) in [6.45, 7) is 9.61. The van der Waals surface area contributed by atoms with Crippen molar-refractivity contribution in [3.8, 4) is 0 Å². The molecule has 0 bridgehead atoms. The third kappa shape index (κ3) is 6.08. The van der Waals surface area contributed by atoms with Gasteiger partial charge >= 0.3 is 0 Å². The van der Waals surface area contributed by atoms with E-state index in [1.54, 1.807) is 0 Å². The zero-order chi connectivity index (χ0) is 11.8. The summed E-state index contributed by atoms with van der Waals surface area (Å²) >= 11 is 0. The Morgan fingerprint density at radius 2 is 2.00 bits per heavy atom. The predicted molar refractivity (Wildman–Crippen MR) is 75.7 cm³/mol. The van der Waals surface area contributed by atoms with Crippen LogP contribution in [0.3, 0.4) is 0 Å². The summed E-state index contributed by atoms with van der Waals surface area (Å²) in [7, 11) is 0. The molecular formula is C13H26ClN3. The van der Waals surface area contributed by atoms with Gasteiger partial charge in [0, 0.05) is 24.8 Å². The van der Waals surface area contributed by atoms with Crippen molar-refractivity contribution in [2.75, 3.05) is 6.54 Å². The third-order valence-corrected chi connectivity index (χ3v) is 2.77. The highest BCUT2D eigenvalue weighted by Crippen LogP contribution is 2.05. The molecule has 0 saturated heterocycles. The zero-order valence-corrected chi connectivity index (χ0v) is 12.1. The summed E-state index contributed by atoms with van der Waals surface area (Å²) in [5, 5.41) is 7.97. The lowest BCUT2D eigenvalue weighted by molar-refractivity contribution is 0.596. The van der Waals surface area contributed by atoms with E-state index in [-0.39, 0.29) is 12.4 Å². The quantitative estimate of drug-likeness (QED) is 0.726. The van der Waals surface area contributed by atoms with Gasteiger partial charge < -0.3 is 5.32 Å². The average Bonchev–Trinajstić information content (AvgIpc) is 2.60. The minimum Gasteiger partial charge on any atom is -0.313 e. The molecule has 0 aliphatic carbocycles. The van der Waals surface area contributed by atoms with Crippen LogP contribution in [0.2, 0.25) is 0 Å². The summed E-state index contributed by atoms with van der Waals surface area (Å²) in [5.41, 5.74) is 2.50.